The van der Waals surface area contributed by atoms with E-state index in [0.717, 1.165) is 25.7 Å². The average Bonchev–Trinajstić information content (AvgIpc) is 2.16. The third-order valence-corrected chi connectivity index (χ3v) is 3.72. The molecule has 0 aromatic carbocycles. The third-order valence-electron chi connectivity index (χ3n) is 2.75. The predicted molar refractivity (Wildman–Crippen MR) is 62.0 cm³/mol. The fourth-order valence-electron chi connectivity index (χ4n) is 2.23. The zero-order chi connectivity index (χ0) is 11.5. The van der Waals surface area contributed by atoms with Crippen molar-refractivity contribution < 1.29 is 9.16 Å². The summed E-state index contributed by atoms with van der Waals surface area (Å²) >= 11 is 0. The number of methoxy groups -OCH3 is 1. The zero-order valence-electron chi connectivity index (χ0n) is 10.2. The van der Waals surface area contributed by atoms with E-state index in [2.05, 4.69) is 25.7 Å². The highest BCUT2D eigenvalue weighted by Gasteiger charge is 2.45. The highest BCUT2D eigenvalue weighted by molar-refractivity contribution is 6.69. The molecule has 3 nitrogen and oxygen atoms in total. The molecule has 0 aromatic heterocycles. The topological polar surface area (TPSA) is 42.2 Å². The largest absolute Gasteiger partial charge is 0.398 e. The second kappa shape index (κ2) is 4.65. The first kappa shape index (κ1) is 12.7. The lowest BCUT2D eigenvalue weighted by Crippen LogP contribution is -2.52. The molecule has 0 heterocycles. The summed E-state index contributed by atoms with van der Waals surface area (Å²) in [5.74, 6) is 0. The van der Waals surface area contributed by atoms with Crippen molar-refractivity contribution in [3.63, 3.8) is 0 Å². The Morgan fingerprint density at radius 3 is 2.47 bits per heavy atom. The van der Waals surface area contributed by atoms with Crippen molar-refractivity contribution in [2.75, 3.05) is 7.11 Å². The minimum Gasteiger partial charge on any atom is -0.398 e. The minimum absolute atomic E-state index is 0.0528. The van der Waals surface area contributed by atoms with Gasteiger partial charge in [-0.15, -0.1) is 0 Å². The molecule has 1 rings (SSSR count). The van der Waals surface area contributed by atoms with Crippen molar-refractivity contribution in [2.24, 2.45) is 0 Å². The Kier molecular flexibility index (Phi) is 3.93. The van der Waals surface area contributed by atoms with Crippen LogP contribution in [0.4, 0.5) is 0 Å². The van der Waals surface area contributed by atoms with E-state index in [1.807, 2.05) is 0 Å². The molecule has 0 aliphatic heterocycles. The molecule has 4 heteroatoms. The molecule has 2 atom stereocenters. The Bertz CT molecular complexity index is 256. The van der Waals surface area contributed by atoms with Gasteiger partial charge in [-0.3, -0.25) is 0 Å². The molecule has 1 aliphatic carbocycles. The van der Waals surface area contributed by atoms with Crippen LogP contribution < -0.4 is 0 Å². The van der Waals surface area contributed by atoms with E-state index in [-0.39, 0.29) is 6.10 Å². The Hall–Kier alpha value is -0.373. The molecule has 0 N–H and O–H groups in total. The van der Waals surface area contributed by atoms with E-state index in [4.69, 9.17) is 9.16 Å². The fraction of sp³-hybridized carbons (Fsp3) is 0.909. The maximum Gasteiger partial charge on any atom is 0.186 e. The van der Waals surface area contributed by atoms with Crippen molar-refractivity contribution in [1.29, 1.82) is 5.26 Å². The van der Waals surface area contributed by atoms with Gasteiger partial charge in [0.25, 0.3) is 0 Å². The molecular formula is C11H21NO2Si. The van der Waals surface area contributed by atoms with Gasteiger partial charge in [0.05, 0.1) is 12.2 Å². The van der Waals surface area contributed by atoms with Crippen molar-refractivity contribution in [3.8, 4) is 6.07 Å². The molecule has 86 valence electrons. The number of nitrogens with zero attached hydrogens (tertiary/aromatic N) is 1. The second-order valence-corrected chi connectivity index (χ2v) is 9.61. The van der Waals surface area contributed by atoms with E-state index in [9.17, 15) is 5.26 Å². The third kappa shape index (κ3) is 3.04. The lowest BCUT2D eigenvalue weighted by molar-refractivity contribution is -0.0698. The molecule has 0 amide bonds. The van der Waals surface area contributed by atoms with Gasteiger partial charge in [-0.25, -0.2) is 0 Å². The molecule has 2 unspecified atom stereocenters. The highest BCUT2D eigenvalue weighted by Crippen LogP contribution is 2.35. The van der Waals surface area contributed by atoms with Crippen LogP contribution in [-0.2, 0) is 9.16 Å². The predicted octanol–water partition coefficient (Wildman–Crippen LogP) is 2.69. The summed E-state index contributed by atoms with van der Waals surface area (Å²) in [4.78, 5) is 0. The van der Waals surface area contributed by atoms with Crippen molar-refractivity contribution >= 4 is 8.32 Å². The summed E-state index contributed by atoms with van der Waals surface area (Å²) in [5.41, 5.74) is -0.683. The van der Waals surface area contributed by atoms with E-state index in [1.165, 1.54) is 0 Å². The van der Waals surface area contributed by atoms with Crippen LogP contribution in [0.2, 0.25) is 19.6 Å². The first-order valence-electron chi connectivity index (χ1n) is 5.58. The Labute approximate surface area is 93.5 Å². The van der Waals surface area contributed by atoms with Crippen molar-refractivity contribution in [1.82, 2.24) is 0 Å². The number of hydrogen-bond acceptors (Lipinski definition) is 3. The van der Waals surface area contributed by atoms with Crippen LogP contribution in [0.3, 0.4) is 0 Å². The van der Waals surface area contributed by atoms with Gasteiger partial charge in [0.2, 0.25) is 0 Å². The first-order chi connectivity index (χ1) is 6.93. The lowest BCUT2D eigenvalue weighted by Gasteiger charge is -2.41. The van der Waals surface area contributed by atoms with Crippen molar-refractivity contribution in [3.05, 3.63) is 0 Å². The van der Waals surface area contributed by atoms with Gasteiger partial charge in [-0.05, 0) is 38.9 Å². The molecular weight excluding hydrogens is 206 g/mol. The van der Waals surface area contributed by atoms with Gasteiger partial charge < -0.3 is 9.16 Å². The molecule has 1 aliphatic rings. The maximum absolute atomic E-state index is 9.37. The molecule has 0 spiro atoms. The summed E-state index contributed by atoms with van der Waals surface area (Å²) in [6.07, 6.45) is 3.90. The SMILES string of the molecule is COC1CCCCC1(C#N)O[Si](C)(C)C. The van der Waals surface area contributed by atoms with Gasteiger partial charge in [0.15, 0.2) is 13.9 Å². The number of ether oxygens (including phenoxy) is 1. The van der Waals surface area contributed by atoms with Crippen LogP contribution in [0.1, 0.15) is 25.7 Å². The summed E-state index contributed by atoms with van der Waals surface area (Å²) in [6.45, 7) is 6.36. The highest BCUT2D eigenvalue weighted by atomic mass is 28.4. The molecule has 1 saturated carbocycles. The molecule has 0 aromatic rings. The van der Waals surface area contributed by atoms with Crippen LogP contribution in [0.15, 0.2) is 0 Å². The lowest BCUT2D eigenvalue weighted by atomic mass is 9.83. The first-order valence-corrected chi connectivity index (χ1v) is 8.98. The Morgan fingerprint density at radius 1 is 1.33 bits per heavy atom. The van der Waals surface area contributed by atoms with E-state index >= 15 is 0 Å². The molecule has 0 saturated heterocycles. The number of rotatable bonds is 3. The van der Waals surface area contributed by atoms with Crippen LogP contribution in [0, 0.1) is 11.3 Å². The summed E-state index contributed by atoms with van der Waals surface area (Å²) in [5, 5.41) is 9.37. The fourth-order valence-corrected chi connectivity index (χ4v) is 3.61. The van der Waals surface area contributed by atoms with Gasteiger partial charge in [-0.2, -0.15) is 5.26 Å². The van der Waals surface area contributed by atoms with Gasteiger partial charge >= 0.3 is 0 Å². The smallest absolute Gasteiger partial charge is 0.186 e. The average molecular weight is 227 g/mol. The summed E-state index contributed by atoms with van der Waals surface area (Å²) in [6, 6.07) is 2.36. The molecule has 1 fully saturated rings. The van der Waals surface area contributed by atoms with Crippen LogP contribution in [0.25, 0.3) is 0 Å². The van der Waals surface area contributed by atoms with E-state index < -0.39 is 13.9 Å². The Morgan fingerprint density at radius 2 is 2.00 bits per heavy atom. The van der Waals surface area contributed by atoms with Gasteiger partial charge in [0.1, 0.15) is 0 Å². The quantitative estimate of drug-likeness (QED) is 0.696. The molecule has 0 bridgehead atoms. The normalized spacial score (nSPS) is 32.3. The second-order valence-electron chi connectivity index (χ2n) is 5.19. The minimum atomic E-state index is -1.70. The molecule has 15 heavy (non-hydrogen) atoms. The molecule has 0 radical (unpaired) electrons. The van der Waals surface area contributed by atoms with E-state index in [1.54, 1.807) is 7.11 Å². The van der Waals surface area contributed by atoms with Crippen LogP contribution >= 0.6 is 0 Å². The maximum atomic E-state index is 9.37. The van der Waals surface area contributed by atoms with Crippen LogP contribution in [0.5, 0.6) is 0 Å². The summed E-state index contributed by atoms with van der Waals surface area (Å²) in [7, 11) is -0.0223. The van der Waals surface area contributed by atoms with Crippen molar-refractivity contribution in [2.45, 2.75) is 57.0 Å². The van der Waals surface area contributed by atoms with E-state index in [0.29, 0.717) is 0 Å². The number of hydrogen-bond donors (Lipinski definition) is 0. The van der Waals surface area contributed by atoms with Crippen LogP contribution in [-0.4, -0.2) is 27.1 Å². The standard InChI is InChI=1S/C11H21NO2Si/c1-13-10-7-5-6-8-11(10,9-12)14-15(2,3)4/h10H,5-8H2,1-4H3. The number of nitriles is 1. The summed E-state index contributed by atoms with van der Waals surface area (Å²) < 4.78 is 11.5. The van der Waals surface area contributed by atoms with Gasteiger partial charge in [0, 0.05) is 7.11 Å². The van der Waals surface area contributed by atoms with Gasteiger partial charge in [-0.1, -0.05) is 6.42 Å². The monoisotopic (exact) mass is 227 g/mol. The zero-order valence-corrected chi connectivity index (χ0v) is 11.2. The Balaban J connectivity index is 2.85.